The van der Waals surface area contributed by atoms with Crippen LogP contribution in [0.15, 0.2) is 24.3 Å². The molecule has 3 heteroatoms. The van der Waals surface area contributed by atoms with Gasteiger partial charge in [0.1, 0.15) is 0 Å². The largest absolute Gasteiger partial charge is 0.328 e. The van der Waals surface area contributed by atoms with Gasteiger partial charge >= 0.3 is 0 Å². The van der Waals surface area contributed by atoms with Crippen LogP contribution in [0.5, 0.6) is 0 Å². The smallest absolute Gasteiger partial charge is 0.276 e. The zero-order chi connectivity index (χ0) is 12.5. The average molecular weight is 239 g/mol. The highest BCUT2D eigenvalue weighted by atomic mass is 19.3. The van der Waals surface area contributed by atoms with Crippen LogP contribution in [0.1, 0.15) is 37.3 Å². The number of hydrogen-bond acceptors (Lipinski definition) is 1. The Labute approximate surface area is 101 Å². The molecule has 0 bridgehead atoms. The maximum Gasteiger partial charge on any atom is 0.276 e. The Bertz CT molecular complexity index is 384. The number of nitrogens with two attached hydrogens (primary N) is 1. The van der Waals surface area contributed by atoms with Gasteiger partial charge in [-0.1, -0.05) is 18.2 Å². The van der Waals surface area contributed by atoms with Crippen molar-refractivity contribution in [1.82, 2.24) is 0 Å². The molecule has 0 spiro atoms. The lowest BCUT2D eigenvalue weighted by Crippen LogP contribution is -2.17. The summed E-state index contributed by atoms with van der Waals surface area (Å²) in [6, 6.07) is 6.91. The molecule has 1 nitrogen and oxygen atoms in total. The minimum atomic E-state index is -2.65. The van der Waals surface area contributed by atoms with E-state index in [2.05, 4.69) is 0 Å². The summed E-state index contributed by atoms with van der Waals surface area (Å²) >= 11 is 0. The van der Waals surface area contributed by atoms with Gasteiger partial charge in [0, 0.05) is 17.5 Å². The average Bonchev–Trinajstić information content (AvgIpc) is 3.11. The first-order chi connectivity index (χ1) is 8.00. The second-order valence-electron chi connectivity index (χ2n) is 5.11. The molecule has 0 aliphatic heterocycles. The quantitative estimate of drug-likeness (QED) is 0.836. The third kappa shape index (κ3) is 3.03. The minimum Gasteiger partial charge on any atom is -0.328 e. The van der Waals surface area contributed by atoms with E-state index in [1.54, 1.807) is 12.1 Å². The van der Waals surface area contributed by atoms with Gasteiger partial charge in [-0.25, -0.2) is 8.78 Å². The van der Waals surface area contributed by atoms with Crippen LogP contribution in [0.2, 0.25) is 0 Å². The van der Waals surface area contributed by atoms with Crippen molar-refractivity contribution in [2.45, 2.75) is 44.6 Å². The van der Waals surface area contributed by atoms with Crippen molar-refractivity contribution in [3.05, 3.63) is 35.4 Å². The van der Waals surface area contributed by atoms with Crippen molar-refractivity contribution in [2.75, 3.05) is 0 Å². The molecule has 1 fully saturated rings. The number of rotatable bonds is 5. The molecule has 1 unspecified atom stereocenters. The van der Waals surface area contributed by atoms with Gasteiger partial charge in [0.05, 0.1) is 0 Å². The number of halogens is 2. The maximum atomic E-state index is 13.9. The molecule has 0 amide bonds. The Morgan fingerprint density at radius 1 is 1.41 bits per heavy atom. The predicted octanol–water partition coefficient (Wildman–Crippen LogP) is 3.47. The number of hydrogen-bond donors (Lipinski definition) is 1. The zero-order valence-electron chi connectivity index (χ0n) is 10.1. The number of benzene rings is 1. The molecule has 1 aliphatic carbocycles. The van der Waals surface area contributed by atoms with Crippen LogP contribution in [-0.2, 0) is 12.3 Å². The van der Waals surface area contributed by atoms with Crippen molar-refractivity contribution in [1.29, 1.82) is 0 Å². The first-order valence-electron chi connectivity index (χ1n) is 6.23. The molecule has 17 heavy (non-hydrogen) atoms. The van der Waals surface area contributed by atoms with E-state index in [-0.39, 0.29) is 11.6 Å². The van der Waals surface area contributed by atoms with Crippen LogP contribution in [-0.4, -0.2) is 6.04 Å². The normalized spacial score (nSPS) is 18.1. The van der Waals surface area contributed by atoms with Gasteiger partial charge in [-0.05, 0) is 44.2 Å². The molecule has 0 aromatic heterocycles. The Hall–Kier alpha value is -0.960. The molecule has 1 aromatic carbocycles. The molecule has 2 N–H and O–H groups in total. The van der Waals surface area contributed by atoms with Crippen molar-refractivity contribution in [3.8, 4) is 0 Å². The number of alkyl halides is 2. The molecule has 1 atom stereocenters. The van der Waals surface area contributed by atoms with E-state index >= 15 is 0 Å². The minimum absolute atomic E-state index is 0.114. The highest BCUT2D eigenvalue weighted by Gasteiger charge is 2.47. The highest BCUT2D eigenvalue weighted by Crippen LogP contribution is 2.49. The summed E-state index contributed by atoms with van der Waals surface area (Å²) in [6.07, 6.45) is 2.90. The van der Waals surface area contributed by atoms with E-state index in [0.717, 1.165) is 18.4 Å². The van der Waals surface area contributed by atoms with Crippen molar-refractivity contribution >= 4 is 0 Å². The van der Waals surface area contributed by atoms with Crippen LogP contribution in [0.3, 0.4) is 0 Å². The maximum absolute atomic E-state index is 13.9. The van der Waals surface area contributed by atoms with E-state index in [4.69, 9.17) is 5.73 Å². The van der Waals surface area contributed by atoms with Crippen molar-refractivity contribution < 1.29 is 8.78 Å². The van der Waals surface area contributed by atoms with E-state index in [9.17, 15) is 8.78 Å². The lowest BCUT2D eigenvalue weighted by atomic mass is 9.99. The van der Waals surface area contributed by atoms with Gasteiger partial charge in [0.15, 0.2) is 0 Å². The van der Waals surface area contributed by atoms with E-state index < -0.39 is 11.8 Å². The molecular formula is C14H19F2N. The second kappa shape index (κ2) is 4.73. The summed E-state index contributed by atoms with van der Waals surface area (Å²) < 4.78 is 27.8. The number of aryl methyl sites for hydroxylation is 1. The SMILES string of the molecule is CC(N)CCc1cccc(C(F)(F)C2CC2)c1. The summed E-state index contributed by atoms with van der Waals surface area (Å²) in [6.45, 7) is 1.93. The first kappa shape index (κ1) is 12.5. The van der Waals surface area contributed by atoms with Gasteiger partial charge < -0.3 is 5.73 Å². The third-order valence-electron chi connectivity index (χ3n) is 3.29. The summed E-state index contributed by atoms with van der Waals surface area (Å²) in [5.74, 6) is -3.09. The van der Waals surface area contributed by atoms with E-state index in [0.29, 0.717) is 12.8 Å². The Morgan fingerprint density at radius 3 is 2.71 bits per heavy atom. The molecule has 1 saturated carbocycles. The predicted molar refractivity (Wildman–Crippen MR) is 65.0 cm³/mol. The topological polar surface area (TPSA) is 26.0 Å². The van der Waals surface area contributed by atoms with Crippen LogP contribution in [0.4, 0.5) is 8.78 Å². The van der Waals surface area contributed by atoms with Gasteiger partial charge in [0.25, 0.3) is 5.92 Å². The highest BCUT2D eigenvalue weighted by molar-refractivity contribution is 5.28. The van der Waals surface area contributed by atoms with Crippen LogP contribution in [0, 0.1) is 5.92 Å². The van der Waals surface area contributed by atoms with Crippen molar-refractivity contribution in [2.24, 2.45) is 11.7 Å². The molecule has 0 saturated heterocycles. The van der Waals surface area contributed by atoms with E-state index in [1.165, 1.54) is 6.07 Å². The summed E-state index contributed by atoms with van der Waals surface area (Å²) in [4.78, 5) is 0. The Balaban J connectivity index is 2.10. The Kier molecular flexibility index (Phi) is 3.48. The Morgan fingerprint density at radius 2 is 2.12 bits per heavy atom. The second-order valence-corrected chi connectivity index (χ2v) is 5.11. The third-order valence-corrected chi connectivity index (χ3v) is 3.29. The van der Waals surface area contributed by atoms with Gasteiger partial charge in [-0.3, -0.25) is 0 Å². The fourth-order valence-electron chi connectivity index (χ4n) is 2.01. The van der Waals surface area contributed by atoms with Crippen LogP contribution >= 0.6 is 0 Å². The van der Waals surface area contributed by atoms with Gasteiger partial charge in [-0.15, -0.1) is 0 Å². The monoisotopic (exact) mass is 239 g/mol. The first-order valence-corrected chi connectivity index (χ1v) is 6.23. The van der Waals surface area contributed by atoms with Gasteiger partial charge in [0.2, 0.25) is 0 Å². The molecule has 2 rings (SSSR count). The molecule has 0 radical (unpaired) electrons. The summed E-state index contributed by atoms with van der Waals surface area (Å²) in [5, 5.41) is 0. The fraction of sp³-hybridized carbons (Fsp3) is 0.571. The molecular weight excluding hydrogens is 220 g/mol. The van der Waals surface area contributed by atoms with Gasteiger partial charge in [-0.2, -0.15) is 0 Å². The van der Waals surface area contributed by atoms with Crippen LogP contribution < -0.4 is 5.73 Å². The zero-order valence-corrected chi connectivity index (χ0v) is 10.1. The van der Waals surface area contributed by atoms with Crippen LogP contribution in [0.25, 0.3) is 0 Å². The van der Waals surface area contributed by atoms with E-state index in [1.807, 2.05) is 13.0 Å². The fourth-order valence-corrected chi connectivity index (χ4v) is 2.01. The van der Waals surface area contributed by atoms with Crippen molar-refractivity contribution in [3.63, 3.8) is 0 Å². The summed E-state index contributed by atoms with van der Waals surface area (Å²) in [5.41, 5.74) is 6.80. The molecule has 0 heterocycles. The summed E-state index contributed by atoms with van der Waals surface area (Å²) in [7, 11) is 0. The molecule has 94 valence electrons. The molecule has 1 aliphatic rings. The lowest BCUT2D eigenvalue weighted by Gasteiger charge is -2.17. The lowest BCUT2D eigenvalue weighted by molar-refractivity contribution is -0.0286. The molecule has 1 aromatic rings. The standard InChI is InChI=1S/C14H19F2N/c1-10(17)5-6-11-3-2-4-13(9-11)14(15,16)12-7-8-12/h2-4,9-10,12H,5-8,17H2,1H3.